The second-order valence-corrected chi connectivity index (χ2v) is 5.04. The minimum Gasteiger partial charge on any atom is -0.486 e. The molecule has 0 fully saturated rings. The Balaban J connectivity index is 2.27. The smallest absolute Gasteiger partial charge is 0.336 e. The first-order chi connectivity index (χ1) is 11.7. The molecule has 0 amide bonds. The summed E-state index contributed by atoms with van der Waals surface area (Å²) >= 11 is 0. The van der Waals surface area contributed by atoms with Crippen LogP contribution in [0.2, 0.25) is 0 Å². The maximum atomic E-state index is 11.2. The van der Waals surface area contributed by atoms with Gasteiger partial charge in [0.25, 0.3) is 0 Å². The van der Waals surface area contributed by atoms with Crippen molar-refractivity contribution in [2.75, 3.05) is 0 Å². The number of rotatable bonds is 6. The zero-order chi connectivity index (χ0) is 18.7. The van der Waals surface area contributed by atoms with Crippen LogP contribution in [0.5, 0.6) is 5.75 Å². The van der Waals surface area contributed by atoms with Gasteiger partial charge in [0.2, 0.25) is 0 Å². The quantitative estimate of drug-likeness (QED) is 0.593. The first kappa shape index (κ1) is 17.7. The lowest BCUT2D eigenvalue weighted by atomic mass is 9.95. The highest BCUT2D eigenvalue weighted by atomic mass is 16.5. The van der Waals surface area contributed by atoms with E-state index in [9.17, 15) is 19.2 Å². The number of carbonyl (C=O) groups is 4. The minimum atomic E-state index is -1.46. The third-order valence-corrected chi connectivity index (χ3v) is 3.44. The highest BCUT2D eigenvalue weighted by Gasteiger charge is 2.26. The van der Waals surface area contributed by atoms with Crippen LogP contribution in [0.25, 0.3) is 0 Å². The van der Waals surface area contributed by atoms with Crippen LogP contribution in [0.15, 0.2) is 41.5 Å². The fourth-order valence-corrected chi connectivity index (χ4v) is 2.30. The highest BCUT2D eigenvalue weighted by Crippen LogP contribution is 2.26. The van der Waals surface area contributed by atoms with Crippen molar-refractivity contribution < 1.29 is 44.3 Å². The zero-order valence-electron chi connectivity index (χ0n) is 12.5. The molecule has 0 spiro atoms. The summed E-state index contributed by atoms with van der Waals surface area (Å²) in [6, 6.07) is 3.31. The van der Waals surface area contributed by atoms with Gasteiger partial charge in [-0.2, -0.15) is 0 Å². The SMILES string of the molecule is O=C(O)C1=C(C(=O)O)CC(Oc2ccc(C(=O)O)c(C(=O)O)c2)C=C1. The van der Waals surface area contributed by atoms with Crippen LogP contribution < -0.4 is 4.74 Å². The van der Waals surface area contributed by atoms with Crippen molar-refractivity contribution in [3.05, 3.63) is 52.6 Å². The van der Waals surface area contributed by atoms with Gasteiger partial charge < -0.3 is 25.2 Å². The average molecular weight is 348 g/mol. The van der Waals surface area contributed by atoms with Gasteiger partial charge in [0.05, 0.1) is 22.3 Å². The topological polar surface area (TPSA) is 158 Å². The number of hydrogen-bond acceptors (Lipinski definition) is 5. The molecule has 2 rings (SSSR count). The number of aromatic carboxylic acids is 2. The van der Waals surface area contributed by atoms with Crippen LogP contribution >= 0.6 is 0 Å². The molecule has 1 aliphatic rings. The van der Waals surface area contributed by atoms with Crippen molar-refractivity contribution in [2.24, 2.45) is 0 Å². The summed E-state index contributed by atoms with van der Waals surface area (Å²) in [7, 11) is 0. The molecule has 0 saturated carbocycles. The molecule has 1 aromatic carbocycles. The van der Waals surface area contributed by atoms with E-state index < -0.39 is 41.1 Å². The van der Waals surface area contributed by atoms with Gasteiger partial charge in [-0.15, -0.1) is 0 Å². The second kappa shape index (κ2) is 6.87. The summed E-state index contributed by atoms with van der Waals surface area (Å²) in [6.07, 6.45) is 1.35. The van der Waals surface area contributed by atoms with E-state index in [1.165, 1.54) is 12.1 Å². The van der Waals surface area contributed by atoms with Crippen molar-refractivity contribution in [3.8, 4) is 5.75 Å². The zero-order valence-corrected chi connectivity index (χ0v) is 12.5. The lowest BCUT2D eigenvalue weighted by Gasteiger charge is -2.20. The molecule has 0 aliphatic heterocycles. The van der Waals surface area contributed by atoms with E-state index in [-0.39, 0.29) is 23.3 Å². The van der Waals surface area contributed by atoms with E-state index in [1.807, 2.05) is 0 Å². The van der Waals surface area contributed by atoms with Gasteiger partial charge >= 0.3 is 23.9 Å². The number of aliphatic carboxylic acids is 2. The van der Waals surface area contributed by atoms with Crippen molar-refractivity contribution >= 4 is 23.9 Å². The maximum absolute atomic E-state index is 11.2. The molecule has 9 nitrogen and oxygen atoms in total. The molecule has 1 aliphatic carbocycles. The molecular weight excluding hydrogens is 336 g/mol. The monoisotopic (exact) mass is 348 g/mol. The summed E-state index contributed by atoms with van der Waals surface area (Å²) in [6.45, 7) is 0. The largest absolute Gasteiger partial charge is 0.486 e. The number of benzene rings is 1. The molecule has 0 heterocycles. The third kappa shape index (κ3) is 3.83. The fourth-order valence-electron chi connectivity index (χ4n) is 2.30. The lowest BCUT2D eigenvalue weighted by Crippen LogP contribution is -2.23. The van der Waals surface area contributed by atoms with Gasteiger partial charge in [0, 0.05) is 6.42 Å². The Bertz CT molecular complexity index is 832. The van der Waals surface area contributed by atoms with Gasteiger partial charge in [0.1, 0.15) is 11.9 Å². The molecule has 1 atom stereocenters. The molecule has 1 aromatic rings. The van der Waals surface area contributed by atoms with Crippen LogP contribution in [0, 0.1) is 0 Å². The minimum absolute atomic E-state index is 0.0144. The van der Waals surface area contributed by atoms with Crippen molar-refractivity contribution in [1.29, 1.82) is 0 Å². The summed E-state index contributed by atoms with van der Waals surface area (Å²) in [5, 5.41) is 36.1. The summed E-state index contributed by atoms with van der Waals surface area (Å²) < 4.78 is 5.46. The van der Waals surface area contributed by atoms with E-state index in [0.717, 1.165) is 18.2 Å². The highest BCUT2D eigenvalue weighted by molar-refractivity contribution is 6.02. The number of hydrogen-bond donors (Lipinski definition) is 4. The predicted octanol–water partition coefficient (Wildman–Crippen LogP) is 1.26. The standard InChI is InChI=1S/C16H12O9/c17-13(18)9-3-1-7(5-11(9)15(21)22)25-8-2-4-10(14(19)20)12(6-8)16(23)24/h1-5,8H,6H2,(H,17,18)(H,19,20)(H,21,22)(H,23,24). The first-order valence-electron chi connectivity index (χ1n) is 6.86. The molecule has 0 saturated heterocycles. The molecule has 0 bridgehead atoms. The molecule has 130 valence electrons. The van der Waals surface area contributed by atoms with Crippen LogP contribution in [-0.4, -0.2) is 50.4 Å². The molecule has 9 heteroatoms. The Morgan fingerprint density at radius 3 is 2.04 bits per heavy atom. The van der Waals surface area contributed by atoms with E-state index in [1.54, 1.807) is 0 Å². The predicted molar refractivity (Wildman–Crippen MR) is 80.8 cm³/mol. The van der Waals surface area contributed by atoms with Gasteiger partial charge in [-0.3, -0.25) is 0 Å². The molecular formula is C16H12O9. The Labute approximate surface area is 140 Å². The van der Waals surface area contributed by atoms with Crippen LogP contribution in [0.1, 0.15) is 27.1 Å². The lowest BCUT2D eigenvalue weighted by molar-refractivity contribution is -0.136. The van der Waals surface area contributed by atoms with Gasteiger partial charge in [-0.05, 0) is 30.4 Å². The van der Waals surface area contributed by atoms with Crippen LogP contribution in [-0.2, 0) is 9.59 Å². The van der Waals surface area contributed by atoms with E-state index in [2.05, 4.69) is 0 Å². The summed E-state index contributed by atoms with van der Waals surface area (Å²) in [5.41, 5.74) is -1.61. The Morgan fingerprint density at radius 1 is 0.880 bits per heavy atom. The normalized spacial score (nSPS) is 16.4. The number of carboxylic acid groups (broad SMARTS) is 4. The Morgan fingerprint density at radius 2 is 1.52 bits per heavy atom. The Kier molecular flexibility index (Phi) is 4.87. The average Bonchev–Trinajstić information content (AvgIpc) is 2.54. The van der Waals surface area contributed by atoms with Gasteiger partial charge in [-0.25, -0.2) is 19.2 Å². The van der Waals surface area contributed by atoms with Gasteiger partial charge in [0.15, 0.2) is 0 Å². The molecule has 0 aromatic heterocycles. The van der Waals surface area contributed by atoms with Crippen LogP contribution in [0.4, 0.5) is 0 Å². The molecule has 1 unspecified atom stereocenters. The van der Waals surface area contributed by atoms with Crippen LogP contribution in [0.3, 0.4) is 0 Å². The van der Waals surface area contributed by atoms with Crippen molar-refractivity contribution in [2.45, 2.75) is 12.5 Å². The fraction of sp³-hybridized carbons (Fsp3) is 0.125. The van der Waals surface area contributed by atoms with Crippen molar-refractivity contribution in [3.63, 3.8) is 0 Å². The van der Waals surface area contributed by atoms with E-state index in [4.69, 9.17) is 25.2 Å². The number of carboxylic acids is 4. The number of ether oxygens (including phenoxy) is 1. The first-order valence-corrected chi connectivity index (χ1v) is 6.86. The second-order valence-electron chi connectivity index (χ2n) is 5.04. The molecule has 0 radical (unpaired) electrons. The van der Waals surface area contributed by atoms with Gasteiger partial charge in [-0.1, -0.05) is 0 Å². The van der Waals surface area contributed by atoms with Crippen molar-refractivity contribution in [1.82, 2.24) is 0 Å². The maximum Gasteiger partial charge on any atom is 0.336 e. The van der Waals surface area contributed by atoms with E-state index in [0.29, 0.717) is 0 Å². The third-order valence-electron chi connectivity index (χ3n) is 3.44. The molecule has 4 N–H and O–H groups in total. The Hall–Kier alpha value is -3.62. The van der Waals surface area contributed by atoms with E-state index >= 15 is 0 Å². The summed E-state index contributed by atoms with van der Waals surface area (Å²) in [4.78, 5) is 44.3. The molecule has 25 heavy (non-hydrogen) atoms. The summed E-state index contributed by atoms with van der Waals surface area (Å²) in [5.74, 6) is -5.64.